The minimum Gasteiger partial charge on any atom is -0.357 e. The van der Waals surface area contributed by atoms with Gasteiger partial charge in [0.15, 0.2) is 4.34 Å². The maximum absolute atomic E-state index is 12.4. The number of anilines is 1. The smallest absolute Gasteiger partial charge is 0.233 e. The average Bonchev–Trinajstić information content (AvgIpc) is 2.97. The van der Waals surface area contributed by atoms with Gasteiger partial charge in [-0.1, -0.05) is 55.9 Å². The molecule has 1 heterocycles. The normalized spacial score (nSPS) is 25.6. The summed E-state index contributed by atoms with van der Waals surface area (Å²) in [6.07, 6.45) is 5.33. The van der Waals surface area contributed by atoms with Crippen LogP contribution in [0.5, 0.6) is 0 Å². The molecule has 5 nitrogen and oxygen atoms in total. The van der Waals surface area contributed by atoms with E-state index in [0.717, 1.165) is 15.9 Å². The summed E-state index contributed by atoms with van der Waals surface area (Å²) in [6.45, 7) is 10.8. The van der Waals surface area contributed by atoms with Gasteiger partial charge in [0.2, 0.25) is 11.0 Å². The Morgan fingerprint density at radius 3 is 3.00 bits per heavy atom. The lowest BCUT2D eigenvalue weighted by molar-refractivity contribution is -0.121. The van der Waals surface area contributed by atoms with Crippen molar-refractivity contribution in [3.8, 4) is 0 Å². The van der Waals surface area contributed by atoms with Crippen LogP contribution in [-0.2, 0) is 4.79 Å². The van der Waals surface area contributed by atoms with Crippen molar-refractivity contribution in [2.45, 2.75) is 55.7 Å². The molecule has 1 fully saturated rings. The monoisotopic (exact) mass is 354 g/mol. The van der Waals surface area contributed by atoms with Crippen LogP contribution in [0.2, 0.25) is 0 Å². The van der Waals surface area contributed by atoms with Crippen LogP contribution < -0.4 is 10.6 Å². The van der Waals surface area contributed by atoms with Gasteiger partial charge in [0, 0.05) is 12.6 Å². The SMILES string of the molecule is C=CCNc1nnc(S[C@H](C)C(=O)N[C@@H]2CCC[C@H](C)[C@H]2C)s1. The number of carbonyl (C=O) groups is 1. The topological polar surface area (TPSA) is 66.9 Å². The van der Waals surface area contributed by atoms with E-state index in [-0.39, 0.29) is 11.2 Å². The molecule has 0 radical (unpaired) electrons. The van der Waals surface area contributed by atoms with Crippen LogP contribution >= 0.6 is 23.1 Å². The minimum absolute atomic E-state index is 0.0942. The van der Waals surface area contributed by atoms with Gasteiger partial charge >= 0.3 is 0 Å². The second-order valence-corrected chi connectivity index (χ2v) is 8.75. The first-order valence-electron chi connectivity index (χ1n) is 8.16. The number of aromatic nitrogens is 2. The van der Waals surface area contributed by atoms with Gasteiger partial charge in [0.05, 0.1) is 5.25 Å². The van der Waals surface area contributed by atoms with Gasteiger partial charge in [0.1, 0.15) is 0 Å². The molecule has 0 bridgehead atoms. The Labute approximate surface area is 146 Å². The molecule has 0 spiro atoms. The summed E-state index contributed by atoms with van der Waals surface area (Å²) in [4.78, 5) is 12.4. The molecule has 4 atom stereocenters. The van der Waals surface area contributed by atoms with Crippen LogP contribution in [0.25, 0.3) is 0 Å². The molecule has 128 valence electrons. The molecule has 1 saturated carbocycles. The predicted octanol–water partition coefficient (Wildman–Crippen LogP) is 3.56. The van der Waals surface area contributed by atoms with E-state index in [0.29, 0.717) is 24.4 Å². The van der Waals surface area contributed by atoms with Crippen molar-refractivity contribution in [2.75, 3.05) is 11.9 Å². The fourth-order valence-corrected chi connectivity index (χ4v) is 4.69. The zero-order chi connectivity index (χ0) is 16.8. The number of carbonyl (C=O) groups excluding carboxylic acids is 1. The molecular formula is C16H26N4OS2. The van der Waals surface area contributed by atoms with E-state index in [1.165, 1.54) is 35.9 Å². The van der Waals surface area contributed by atoms with Crippen molar-refractivity contribution in [3.05, 3.63) is 12.7 Å². The Bertz CT molecular complexity index is 534. The summed E-state index contributed by atoms with van der Waals surface area (Å²) < 4.78 is 0.810. The first-order valence-corrected chi connectivity index (χ1v) is 9.86. The number of nitrogens with one attached hydrogen (secondary N) is 2. The van der Waals surface area contributed by atoms with Crippen LogP contribution in [0.15, 0.2) is 17.0 Å². The molecule has 1 aromatic heterocycles. The highest BCUT2D eigenvalue weighted by Crippen LogP contribution is 2.31. The number of amides is 1. The van der Waals surface area contributed by atoms with Crippen LogP contribution in [-0.4, -0.2) is 33.9 Å². The van der Waals surface area contributed by atoms with Crippen molar-refractivity contribution in [1.82, 2.24) is 15.5 Å². The molecule has 1 aromatic rings. The highest BCUT2D eigenvalue weighted by molar-refractivity contribution is 8.02. The third-order valence-corrected chi connectivity index (χ3v) is 6.55. The Morgan fingerprint density at radius 1 is 1.48 bits per heavy atom. The van der Waals surface area contributed by atoms with Crippen molar-refractivity contribution >= 4 is 34.1 Å². The second-order valence-electron chi connectivity index (χ2n) is 6.19. The fraction of sp³-hybridized carbons (Fsp3) is 0.688. The van der Waals surface area contributed by atoms with Gasteiger partial charge in [-0.05, 0) is 25.2 Å². The maximum atomic E-state index is 12.4. The summed E-state index contributed by atoms with van der Waals surface area (Å²) in [5, 5.41) is 15.1. The van der Waals surface area contributed by atoms with Gasteiger partial charge < -0.3 is 10.6 Å². The Balaban J connectivity index is 1.84. The third-order valence-electron chi connectivity index (χ3n) is 4.49. The molecule has 2 rings (SSSR count). The molecule has 1 aliphatic rings. The summed E-state index contributed by atoms with van der Waals surface area (Å²) in [5.41, 5.74) is 0. The van der Waals surface area contributed by atoms with Crippen molar-refractivity contribution < 1.29 is 4.79 Å². The minimum atomic E-state index is -0.167. The van der Waals surface area contributed by atoms with Gasteiger partial charge in [-0.15, -0.1) is 16.8 Å². The van der Waals surface area contributed by atoms with Crippen LogP contribution in [0, 0.1) is 11.8 Å². The van der Waals surface area contributed by atoms with E-state index < -0.39 is 0 Å². The van der Waals surface area contributed by atoms with Crippen molar-refractivity contribution in [1.29, 1.82) is 0 Å². The molecule has 2 N–H and O–H groups in total. The lowest BCUT2D eigenvalue weighted by atomic mass is 9.78. The second kappa shape index (κ2) is 8.68. The van der Waals surface area contributed by atoms with Gasteiger partial charge in [0.25, 0.3) is 0 Å². The summed E-state index contributed by atoms with van der Waals surface area (Å²) >= 11 is 2.93. The maximum Gasteiger partial charge on any atom is 0.233 e. The van der Waals surface area contributed by atoms with E-state index in [9.17, 15) is 4.79 Å². The number of nitrogens with zero attached hydrogens (tertiary/aromatic N) is 2. The lowest BCUT2D eigenvalue weighted by Gasteiger charge is -2.35. The Kier molecular flexibility index (Phi) is 6.89. The van der Waals surface area contributed by atoms with Crippen molar-refractivity contribution in [2.24, 2.45) is 11.8 Å². The molecular weight excluding hydrogens is 328 g/mol. The van der Waals surface area contributed by atoms with E-state index in [2.05, 4.69) is 41.3 Å². The third kappa shape index (κ3) is 5.21. The van der Waals surface area contributed by atoms with E-state index in [1.54, 1.807) is 6.08 Å². The fourth-order valence-electron chi connectivity index (χ4n) is 2.78. The quantitative estimate of drug-likeness (QED) is 0.579. The molecule has 0 aromatic carbocycles. The lowest BCUT2D eigenvalue weighted by Crippen LogP contribution is -2.46. The molecule has 0 saturated heterocycles. The summed E-state index contributed by atoms with van der Waals surface area (Å²) in [5.74, 6) is 1.32. The van der Waals surface area contributed by atoms with Crippen LogP contribution in [0.4, 0.5) is 5.13 Å². The summed E-state index contributed by atoms with van der Waals surface area (Å²) in [7, 11) is 0. The molecule has 1 amide bonds. The molecule has 1 aliphatic carbocycles. The van der Waals surface area contributed by atoms with Gasteiger partial charge in [-0.3, -0.25) is 4.79 Å². The highest BCUT2D eigenvalue weighted by atomic mass is 32.2. The number of hydrogen-bond acceptors (Lipinski definition) is 6. The number of hydrogen-bond donors (Lipinski definition) is 2. The number of thioether (sulfide) groups is 1. The Hall–Kier alpha value is -1.08. The molecule has 0 aliphatic heterocycles. The largest absolute Gasteiger partial charge is 0.357 e. The summed E-state index contributed by atoms with van der Waals surface area (Å²) in [6, 6.07) is 0.300. The first-order chi connectivity index (χ1) is 11.0. The van der Waals surface area contributed by atoms with E-state index in [1.807, 2.05) is 6.92 Å². The first kappa shape index (κ1) is 18.3. The predicted molar refractivity (Wildman–Crippen MR) is 98.0 cm³/mol. The van der Waals surface area contributed by atoms with Gasteiger partial charge in [-0.2, -0.15) is 0 Å². The van der Waals surface area contributed by atoms with Gasteiger partial charge in [-0.25, -0.2) is 0 Å². The zero-order valence-corrected chi connectivity index (χ0v) is 15.7. The standard InChI is InChI=1S/C16H26N4OS2/c1-5-9-17-15-19-20-16(23-15)22-12(4)14(21)18-13-8-6-7-10(2)11(13)3/h5,10-13H,1,6-9H2,2-4H3,(H,17,19)(H,18,21)/t10-,11+,12+,13+/m0/s1. The highest BCUT2D eigenvalue weighted by Gasteiger charge is 2.29. The molecule has 0 unspecified atom stereocenters. The van der Waals surface area contributed by atoms with E-state index >= 15 is 0 Å². The van der Waals surface area contributed by atoms with Crippen LogP contribution in [0.3, 0.4) is 0 Å². The Morgan fingerprint density at radius 2 is 2.26 bits per heavy atom. The average molecular weight is 355 g/mol. The van der Waals surface area contributed by atoms with Crippen LogP contribution in [0.1, 0.15) is 40.0 Å². The number of rotatable bonds is 7. The van der Waals surface area contributed by atoms with Crippen molar-refractivity contribution in [3.63, 3.8) is 0 Å². The van der Waals surface area contributed by atoms with E-state index in [4.69, 9.17) is 0 Å². The molecule has 23 heavy (non-hydrogen) atoms. The molecule has 7 heteroatoms. The zero-order valence-electron chi connectivity index (χ0n) is 14.0.